The van der Waals surface area contributed by atoms with Crippen LogP contribution in [0.15, 0.2) is 61.2 Å². The van der Waals surface area contributed by atoms with Gasteiger partial charge in [0.15, 0.2) is 0 Å². The fourth-order valence-electron chi connectivity index (χ4n) is 3.00. The maximum absolute atomic E-state index is 12.6. The van der Waals surface area contributed by atoms with Crippen molar-refractivity contribution in [1.29, 1.82) is 0 Å². The molecule has 0 unspecified atom stereocenters. The summed E-state index contributed by atoms with van der Waals surface area (Å²) in [7, 11) is 1.86. The molecule has 0 aliphatic carbocycles. The lowest BCUT2D eigenvalue weighted by molar-refractivity contribution is -0.128. The Morgan fingerprint density at radius 3 is 2.72 bits per heavy atom. The number of nitrogens with zero attached hydrogens (tertiary/aromatic N) is 5. The number of hydrogen-bond donors (Lipinski definition) is 0. The van der Waals surface area contributed by atoms with Crippen LogP contribution in [0.1, 0.15) is 23.5 Å². The van der Waals surface area contributed by atoms with Crippen molar-refractivity contribution >= 4 is 39.2 Å². The summed E-state index contributed by atoms with van der Waals surface area (Å²) in [6.07, 6.45) is 3.17. The highest BCUT2D eigenvalue weighted by molar-refractivity contribution is 7.99. The molecule has 148 valence electrons. The number of hydrogen-bond acceptors (Lipinski definition) is 6. The minimum absolute atomic E-state index is 0.00431. The number of carbonyl (C=O) groups is 1. The quantitative estimate of drug-likeness (QED) is 0.443. The van der Waals surface area contributed by atoms with E-state index in [1.165, 1.54) is 11.0 Å². The summed E-state index contributed by atoms with van der Waals surface area (Å²) in [5.41, 5.74) is 3.05. The molecule has 0 saturated carbocycles. The van der Waals surface area contributed by atoms with E-state index >= 15 is 0 Å². The minimum Gasteiger partial charge on any atom is -0.338 e. The number of carbonyl (C=O) groups excluding carboxylic acids is 1. The fourth-order valence-corrected chi connectivity index (χ4v) is 4.96. The SMILES string of the molecule is C[C@H](c1ccc(-n2cncn2)cc1)N(C)C(=O)CSCc1nc2ccccc2s1. The van der Waals surface area contributed by atoms with E-state index in [0.29, 0.717) is 5.75 Å². The van der Waals surface area contributed by atoms with Gasteiger partial charge in [-0.25, -0.2) is 14.6 Å². The van der Waals surface area contributed by atoms with Gasteiger partial charge in [-0.15, -0.1) is 23.1 Å². The topological polar surface area (TPSA) is 63.9 Å². The van der Waals surface area contributed by atoms with Gasteiger partial charge in [-0.1, -0.05) is 24.3 Å². The maximum atomic E-state index is 12.6. The van der Waals surface area contributed by atoms with Gasteiger partial charge < -0.3 is 4.90 Å². The monoisotopic (exact) mass is 423 g/mol. The molecule has 1 atom stereocenters. The Bertz CT molecular complexity index is 1060. The van der Waals surface area contributed by atoms with Crippen molar-refractivity contribution in [1.82, 2.24) is 24.6 Å². The van der Waals surface area contributed by atoms with Gasteiger partial charge in [0.1, 0.15) is 17.7 Å². The summed E-state index contributed by atoms with van der Waals surface area (Å²) < 4.78 is 2.90. The molecule has 0 aliphatic rings. The molecule has 6 nitrogen and oxygen atoms in total. The van der Waals surface area contributed by atoms with Crippen LogP contribution in [0.4, 0.5) is 0 Å². The molecule has 2 aromatic heterocycles. The number of thioether (sulfide) groups is 1. The Labute approximate surface area is 177 Å². The van der Waals surface area contributed by atoms with E-state index in [0.717, 1.165) is 27.5 Å². The molecule has 1 amide bonds. The first-order valence-corrected chi connectivity index (χ1v) is 11.2. The highest BCUT2D eigenvalue weighted by Crippen LogP contribution is 2.26. The van der Waals surface area contributed by atoms with Gasteiger partial charge in [0.2, 0.25) is 5.91 Å². The van der Waals surface area contributed by atoms with Crippen LogP contribution in [0, 0.1) is 0 Å². The van der Waals surface area contributed by atoms with E-state index in [1.54, 1.807) is 39.0 Å². The molecule has 8 heteroatoms. The summed E-state index contributed by atoms with van der Waals surface area (Å²) in [4.78, 5) is 23.0. The molecule has 2 aromatic carbocycles. The molecule has 4 rings (SSSR count). The summed E-state index contributed by atoms with van der Waals surface area (Å²) in [6, 6.07) is 16.1. The third-order valence-corrected chi connectivity index (χ3v) is 6.97. The van der Waals surface area contributed by atoms with Crippen molar-refractivity contribution < 1.29 is 4.79 Å². The van der Waals surface area contributed by atoms with Gasteiger partial charge in [0.25, 0.3) is 0 Å². The van der Waals surface area contributed by atoms with Crippen molar-refractivity contribution in [2.24, 2.45) is 0 Å². The molecule has 0 bridgehead atoms. The van der Waals surface area contributed by atoms with Crippen LogP contribution in [-0.4, -0.2) is 43.4 Å². The second-order valence-corrected chi connectivity index (χ2v) is 8.78. The van der Waals surface area contributed by atoms with Gasteiger partial charge in [0, 0.05) is 12.8 Å². The van der Waals surface area contributed by atoms with E-state index in [9.17, 15) is 4.79 Å². The highest BCUT2D eigenvalue weighted by Gasteiger charge is 2.17. The van der Waals surface area contributed by atoms with Gasteiger partial charge in [-0.3, -0.25) is 4.79 Å². The Kier molecular flexibility index (Phi) is 5.92. The van der Waals surface area contributed by atoms with Crippen LogP contribution in [-0.2, 0) is 10.5 Å². The molecule has 0 N–H and O–H groups in total. The van der Waals surface area contributed by atoms with Crippen molar-refractivity contribution in [2.45, 2.75) is 18.7 Å². The zero-order valence-electron chi connectivity index (χ0n) is 16.2. The van der Waals surface area contributed by atoms with Crippen LogP contribution in [0.25, 0.3) is 15.9 Å². The number of aromatic nitrogens is 4. The first-order valence-electron chi connectivity index (χ1n) is 9.24. The van der Waals surface area contributed by atoms with Gasteiger partial charge in [-0.2, -0.15) is 5.10 Å². The number of rotatable bonds is 7. The van der Waals surface area contributed by atoms with E-state index < -0.39 is 0 Å². The first-order chi connectivity index (χ1) is 14.1. The number of fused-ring (bicyclic) bond motifs is 1. The summed E-state index contributed by atoms with van der Waals surface area (Å²) in [6.45, 7) is 2.04. The largest absolute Gasteiger partial charge is 0.338 e. The zero-order chi connectivity index (χ0) is 20.2. The second-order valence-electron chi connectivity index (χ2n) is 6.68. The maximum Gasteiger partial charge on any atom is 0.232 e. The highest BCUT2D eigenvalue weighted by atomic mass is 32.2. The molecular weight excluding hydrogens is 402 g/mol. The zero-order valence-corrected chi connectivity index (χ0v) is 17.9. The van der Waals surface area contributed by atoms with E-state index in [1.807, 2.05) is 56.4 Å². The summed E-state index contributed by atoms with van der Waals surface area (Å²) in [5.74, 6) is 1.30. The molecule has 0 radical (unpaired) electrons. The fraction of sp³-hybridized carbons (Fsp3) is 0.238. The molecule has 0 spiro atoms. The second kappa shape index (κ2) is 8.75. The van der Waals surface area contributed by atoms with Crippen molar-refractivity contribution in [2.75, 3.05) is 12.8 Å². The van der Waals surface area contributed by atoms with E-state index in [4.69, 9.17) is 0 Å². The predicted molar refractivity (Wildman–Crippen MR) is 118 cm³/mol. The minimum atomic E-state index is -0.00431. The Morgan fingerprint density at radius 1 is 1.21 bits per heavy atom. The lowest BCUT2D eigenvalue weighted by Crippen LogP contribution is -2.31. The number of amides is 1. The third kappa shape index (κ3) is 4.49. The smallest absolute Gasteiger partial charge is 0.232 e. The first kappa shape index (κ1) is 19.6. The average molecular weight is 424 g/mol. The van der Waals surface area contributed by atoms with Crippen LogP contribution in [0.3, 0.4) is 0 Å². The Hall–Kier alpha value is -2.71. The van der Waals surface area contributed by atoms with Crippen molar-refractivity contribution in [3.05, 3.63) is 71.8 Å². The van der Waals surface area contributed by atoms with Crippen LogP contribution >= 0.6 is 23.1 Å². The molecule has 0 fully saturated rings. The van der Waals surface area contributed by atoms with E-state index in [-0.39, 0.29) is 11.9 Å². The lowest BCUT2D eigenvalue weighted by Gasteiger charge is -2.25. The van der Waals surface area contributed by atoms with Crippen molar-refractivity contribution in [3.8, 4) is 5.69 Å². The Morgan fingerprint density at radius 2 is 2.00 bits per heavy atom. The van der Waals surface area contributed by atoms with Crippen molar-refractivity contribution in [3.63, 3.8) is 0 Å². The molecule has 0 aliphatic heterocycles. The number of para-hydroxylation sites is 1. The third-order valence-electron chi connectivity index (χ3n) is 4.82. The van der Waals surface area contributed by atoms with Gasteiger partial charge in [-0.05, 0) is 36.8 Å². The molecule has 0 saturated heterocycles. The van der Waals surface area contributed by atoms with Crippen LogP contribution < -0.4 is 0 Å². The Balaban J connectivity index is 1.32. The summed E-state index contributed by atoms with van der Waals surface area (Å²) in [5, 5.41) is 5.19. The standard InChI is InChI=1S/C21H21N5OS2/c1-15(16-7-9-17(10-8-16)26-14-22-13-23-26)25(2)21(27)12-28-11-20-24-18-5-3-4-6-19(18)29-20/h3-10,13-15H,11-12H2,1-2H3/t15-/m1/s1. The van der Waals surface area contributed by atoms with Crippen LogP contribution in [0.2, 0.25) is 0 Å². The lowest BCUT2D eigenvalue weighted by atomic mass is 10.1. The predicted octanol–water partition coefficient (Wildman–Crippen LogP) is 4.33. The van der Waals surface area contributed by atoms with Gasteiger partial charge >= 0.3 is 0 Å². The normalized spacial score (nSPS) is 12.2. The molecular formula is C21H21N5OS2. The van der Waals surface area contributed by atoms with Gasteiger partial charge in [0.05, 0.1) is 27.7 Å². The van der Waals surface area contributed by atoms with E-state index in [2.05, 4.69) is 21.1 Å². The number of thiazole rings is 1. The average Bonchev–Trinajstić information content (AvgIpc) is 3.42. The summed E-state index contributed by atoms with van der Waals surface area (Å²) >= 11 is 3.30. The number of benzene rings is 2. The molecule has 29 heavy (non-hydrogen) atoms. The molecule has 4 aromatic rings. The van der Waals surface area contributed by atoms with Crippen LogP contribution in [0.5, 0.6) is 0 Å². The molecule has 2 heterocycles.